The molecule has 1 aliphatic heterocycles. The number of Topliss-reactive ketones (excluding diaryl/α,β-unsaturated/α-hetero) is 1. The summed E-state index contributed by atoms with van der Waals surface area (Å²) in [6.45, 7) is 4.68. The summed E-state index contributed by atoms with van der Waals surface area (Å²) in [6.07, 6.45) is 4.31. The Kier molecular flexibility index (Phi) is 2.79. The highest BCUT2D eigenvalue weighted by molar-refractivity contribution is 5.94. The van der Waals surface area contributed by atoms with E-state index in [2.05, 4.69) is 6.07 Å². The van der Waals surface area contributed by atoms with Crippen LogP contribution in [-0.4, -0.2) is 18.5 Å². The summed E-state index contributed by atoms with van der Waals surface area (Å²) in [5, 5.41) is 9.35. The van der Waals surface area contributed by atoms with Crippen molar-refractivity contribution >= 4 is 5.78 Å². The Morgan fingerprint density at radius 3 is 2.69 bits per heavy atom. The van der Waals surface area contributed by atoms with Gasteiger partial charge in [0.25, 0.3) is 0 Å². The van der Waals surface area contributed by atoms with Gasteiger partial charge < -0.3 is 4.74 Å². The first-order valence-electron chi connectivity index (χ1n) is 6.08. The Labute approximate surface area is 96.8 Å². The second kappa shape index (κ2) is 3.85. The number of nitrogens with zero attached hydrogens (tertiary/aromatic N) is 1. The molecule has 0 bridgehead atoms. The summed E-state index contributed by atoms with van der Waals surface area (Å²) in [7, 11) is 0. The van der Waals surface area contributed by atoms with E-state index in [1.54, 1.807) is 0 Å². The summed E-state index contributed by atoms with van der Waals surface area (Å²) in [5.41, 5.74) is -1.09. The first kappa shape index (κ1) is 11.6. The van der Waals surface area contributed by atoms with Gasteiger partial charge in [-0.25, -0.2) is 0 Å². The number of ketones is 1. The zero-order chi connectivity index (χ0) is 11.8. The maximum Gasteiger partial charge on any atom is 0.158 e. The lowest BCUT2D eigenvalue weighted by atomic mass is 9.77. The van der Waals surface area contributed by atoms with Crippen molar-refractivity contribution in [2.24, 2.45) is 10.8 Å². The maximum atomic E-state index is 12.3. The monoisotopic (exact) mass is 221 g/mol. The molecule has 2 unspecified atom stereocenters. The van der Waals surface area contributed by atoms with E-state index in [0.29, 0.717) is 12.8 Å². The Balaban J connectivity index is 2.15. The topological polar surface area (TPSA) is 50.1 Å². The molecule has 1 aliphatic carbocycles. The maximum absolute atomic E-state index is 12.3. The quantitative estimate of drug-likeness (QED) is 0.719. The largest absolute Gasteiger partial charge is 0.378 e. The minimum absolute atomic E-state index is 0.123. The third-order valence-electron chi connectivity index (χ3n) is 4.04. The van der Waals surface area contributed by atoms with E-state index in [1.807, 2.05) is 13.8 Å². The normalized spacial score (nSPS) is 37.6. The van der Waals surface area contributed by atoms with Crippen molar-refractivity contribution in [3.63, 3.8) is 0 Å². The van der Waals surface area contributed by atoms with Gasteiger partial charge in [-0.2, -0.15) is 5.26 Å². The SMILES string of the molecule is CC1(C)CCC(C#N)(CC2CCCO2)C1=O. The fourth-order valence-electron chi connectivity index (χ4n) is 2.94. The number of hydrogen-bond donors (Lipinski definition) is 0. The van der Waals surface area contributed by atoms with Crippen molar-refractivity contribution in [2.75, 3.05) is 6.61 Å². The molecule has 0 aromatic carbocycles. The number of ether oxygens (including phenoxy) is 1. The van der Waals surface area contributed by atoms with Gasteiger partial charge >= 0.3 is 0 Å². The van der Waals surface area contributed by atoms with Crippen molar-refractivity contribution in [1.82, 2.24) is 0 Å². The summed E-state index contributed by atoms with van der Waals surface area (Å²) >= 11 is 0. The van der Waals surface area contributed by atoms with Gasteiger partial charge in [-0.05, 0) is 32.1 Å². The first-order valence-corrected chi connectivity index (χ1v) is 6.08. The third kappa shape index (κ3) is 1.76. The van der Waals surface area contributed by atoms with Gasteiger partial charge in [-0.3, -0.25) is 4.79 Å². The minimum atomic E-state index is -0.765. The highest BCUT2D eigenvalue weighted by Crippen LogP contribution is 2.48. The van der Waals surface area contributed by atoms with Crippen LogP contribution in [0.2, 0.25) is 0 Å². The van der Waals surface area contributed by atoms with E-state index >= 15 is 0 Å². The van der Waals surface area contributed by atoms with Gasteiger partial charge in [0.05, 0.1) is 12.2 Å². The molecular formula is C13H19NO2. The van der Waals surface area contributed by atoms with Crippen molar-refractivity contribution < 1.29 is 9.53 Å². The van der Waals surface area contributed by atoms with Crippen molar-refractivity contribution in [3.8, 4) is 6.07 Å². The smallest absolute Gasteiger partial charge is 0.158 e. The van der Waals surface area contributed by atoms with Crippen molar-refractivity contribution in [2.45, 2.75) is 52.1 Å². The average molecular weight is 221 g/mol. The van der Waals surface area contributed by atoms with E-state index in [-0.39, 0.29) is 17.3 Å². The molecule has 3 heteroatoms. The molecule has 2 rings (SSSR count). The van der Waals surface area contributed by atoms with E-state index in [1.165, 1.54) is 0 Å². The Morgan fingerprint density at radius 1 is 1.50 bits per heavy atom. The molecular weight excluding hydrogens is 202 g/mol. The van der Waals surface area contributed by atoms with Gasteiger partial charge in [0.15, 0.2) is 5.78 Å². The van der Waals surface area contributed by atoms with Crippen molar-refractivity contribution in [3.05, 3.63) is 0 Å². The van der Waals surface area contributed by atoms with Crippen LogP contribution in [0.3, 0.4) is 0 Å². The van der Waals surface area contributed by atoms with E-state index < -0.39 is 5.41 Å². The van der Waals surface area contributed by atoms with Gasteiger partial charge in [0.2, 0.25) is 0 Å². The van der Waals surface area contributed by atoms with Gasteiger partial charge in [-0.1, -0.05) is 13.8 Å². The van der Waals surface area contributed by atoms with Crippen LogP contribution in [0.25, 0.3) is 0 Å². The highest BCUT2D eigenvalue weighted by atomic mass is 16.5. The zero-order valence-corrected chi connectivity index (χ0v) is 10.1. The average Bonchev–Trinajstić information content (AvgIpc) is 2.82. The molecule has 0 aromatic heterocycles. The van der Waals surface area contributed by atoms with Crippen LogP contribution in [0.15, 0.2) is 0 Å². The number of nitriles is 1. The fraction of sp³-hybridized carbons (Fsp3) is 0.846. The molecule has 2 atom stereocenters. The predicted molar refractivity (Wildman–Crippen MR) is 59.7 cm³/mol. The summed E-state index contributed by atoms with van der Waals surface area (Å²) < 4.78 is 5.55. The molecule has 1 heterocycles. The van der Waals surface area contributed by atoms with Crippen LogP contribution >= 0.6 is 0 Å². The number of rotatable bonds is 2. The number of carbonyl (C=O) groups is 1. The lowest BCUT2D eigenvalue weighted by Crippen LogP contribution is -2.34. The minimum Gasteiger partial charge on any atom is -0.378 e. The van der Waals surface area contributed by atoms with Gasteiger partial charge in [0, 0.05) is 12.0 Å². The van der Waals surface area contributed by atoms with E-state index in [0.717, 1.165) is 25.9 Å². The van der Waals surface area contributed by atoms with Crippen LogP contribution in [-0.2, 0) is 9.53 Å². The second-order valence-corrected chi connectivity index (χ2v) is 5.75. The van der Waals surface area contributed by atoms with Crippen LogP contribution in [0.5, 0.6) is 0 Å². The molecule has 0 amide bonds. The molecule has 1 saturated carbocycles. The van der Waals surface area contributed by atoms with Crippen LogP contribution in [0.4, 0.5) is 0 Å². The second-order valence-electron chi connectivity index (χ2n) is 5.75. The first-order chi connectivity index (χ1) is 7.50. The molecule has 1 saturated heterocycles. The summed E-state index contributed by atoms with van der Waals surface area (Å²) in [4.78, 5) is 12.3. The molecule has 0 aromatic rings. The number of hydrogen-bond acceptors (Lipinski definition) is 3. The van der Waals surface area contributed by atoms with E-state index in [4.69, 9.17) is 4.74 Å². The molecule has 88 valence electrons. The number of carbonyl (C=O) groups excluding carboxylic acids is 1. The molecule has 0 N–H and O–H groups in total. The van der Waals surface area contributed by atoms with Crippen molar-refractivity contribution in [1.29, 1.82) is 5.26 Å². The predicted octanol–water partition coefficient (Wildman–Crippen LogP) is 2.45. The Hall–Kier alpha value is -0.880. The van der Waals surface area contributed by atoms with Crippen LogP contribution in [0, 0.1) is 22.2 Å². The Morgan fingerprint density at radius 2 is 2.25 bits per heavy atom. The lowest BCUT2D eigenvalue weighted by Gasteiger charge is -2.24. The van der Waals surface area contributed by atoms with Crippen LogP contribution in [0.1, 0.15) is 46.0 Å². The Bertz CT molecular complexity index is 336. The van der Waals surface area contributed by atoms with Gasteiger partial charge in [-0.15, -0.1) is 0 Å². The van der Waals surface area contributed by atoms with E-state index in [9.17, 15) is 10.1 Å². The zero-order valence-electron chi connectivity index (χ0n) is 10.1. The highest BCUT2D eigenvalue weighted by Gasteiger charge is 2.53. The summed E-state index contributed by atoms with van der Waals surface area (Å²) in [6, 6.07) is 2.28. The molecule has 3 nitrogen and oxygen atoms in total. The lowest BCUT2D eigenvalue weighted by molar-refractivity contribution is -0.131. The fourth-order valence-corrected chi connectivity index (χ4v) is 2.94. The molecule has 16 heavy (non-hydrogen) atoms. The van der Waals surface area contributed by atoms with Gasteiger partial charge in [0.1, 0.15) is 5.41 Å². The molecule has 2 fully saturated rings. The molecule has 0 spiro atoms. The van der Waals surface area contributed by atoms with Crippen LogP contribution < -0.4 is 0 Å². The third-order valence-corrected chi connectivity index (χ3v) is 4.04. The molecule has 0 radical (unpaired) electrons. The standard InChI is InChI=1S/C13H19NO2/c1-12(2)5-6-13(9-14,11(12)15)8-10-4-3-7-16-10/h10H,3-8H2,1-2H3. The molecule has 2 aliphatic rings. The summed E-state index contributed by atoms with van der Waals surface area (Å²) in [5.74, 6) is 0.123.